The molecule has 3 aromatic rings. The maximum atomic E-state index is 6.16. The standard InChI is InChI=1S/C24H32N8/c1-4-31-15-21(14-26-31)19-6-5-18-11-17(2)32(16-20(18)12-19)23-13-22(27-24(25)28-23)30-9-7-29(3)8-10-30/h5-6,12-15,17H,4,7-11,16H2,1-3H3,(H2,25,27,28). The van der Waals surface area contributed by atoms with E-state index in [1.165, 1.54) is 16.7 Å². The fourth-order valence-corrected chi connectivity index (χ4v) is 4.70. The van der Waals surface area contributed by atoms with E-state index in [1.807, 2.05) is 10.9 Å². The third kappa shape index (κ3) is 4.02. The average Bonchev–Trinajstić information content (AvgIpc) is 3.28. The van der Waals surface area contributed by atoms with Crippen molar-refractivity contribution in [1.82, 2.24) is 24.6 Å². The number of aromatic nitrogens is 4. The van der Waals surface area contributed by atoms with Crippen molar-refractivity contribution in [3.05, 3.63) is 47.8 Å². The van der Waals surface area contributed by atoms with Gasteiger partial charge in [-0.25, -0.2) is 0 Å². The Morgan fingerprint density at radius 1 is 1.00 bits per heavy atom. The van der Waals surface area contributed by atoms with Crippen LogP contribution >= 0.6 is 0 Å². The van der Waals surface area contributed by atoms with E-state index in [2.05, 4.69) is 81.1 Å². The van der Waals surface area contributed by atoms with Gasteiger partial charge < -0.3 is 20.4 Å². The van der Waals surface area contributed by atoms with Crippen LogP contribution < -0.4 is 15.5 Å². The third-order valence-electron chi connectivity index (χ3n) is 6.72. The van der Waals surface area contributed by atoms with Crippen molar-refractivity contribution < 1.29 is 0 Å². The molecular formula is C24H32N8. The van der Waals surface area contributed by atoms with Crippen LogP contribution in [0.3, 0.4) is 0 Å². The molecular weight excluding hydrogens is 400 g/mol. The summed E-state index contributed by atoms with van der Waals surface area (Å²) < 4.78 is 1.96. The molecule has 1 unspecified atom stereocenters. The lowest BCUT2D eigenvalue weighted by Gasteiger charge is -2.37. The summed E-state index contributed by atoms with van der Waals surface area (Å²) in [6.07, 6.45) is 5.04. The number of rotatable bonds is 4. The van der Waals surface area contributed by atoms with Crippen LogP contribution in [0.25, 0.3) is 11.1 Å². The van der Waals surface area contributed by atoms with Crippen molar-refractivity contribution in [2.24, 2.45) is 0 Å². The fraction of sp³-hybridized carbons (Fsp3) is 0.458. The van der Waals surface area contributed by atoms with E-state index in [1.54, 1.807) is 0 Å². The molecule has 5 rings (SSSR count). The molecule has 0 spiro atoms. The molecule has 2 N–H and O–H groups in total. The molecule has 2 aromatic heterocycles. The highest BCUT2D eigenvalue weighted by molar-refractivity contribution is 5.65. The quantitative estimate of drug-likeness (QED) is 0.679. The Morgan fingerprint density at radius 2 is 1.78 bits per heavy atom. The second kappa shape index (κ2) is 8.43. The smallest absolute Gasteiger partial charge is 0.223 e. The van der Waals surface area contributed by atoms with Crippen molar-refractivity contribution in [2.75, 3.05) is 48.8 Å². The molecule has 2 aliphatic rings. The summed E-state index contributed by atoms with van der Waals surface area (Å²) in [6.45, 7) is 10.0. The molecule has 0 radical (unpaired) electrons. The van der Waals surface area contributed by atoms with E-state index in [4.69, 9.17) is 5.73 Å². The second-order valence-electron chi connectivity index (χ2n) is 8.98. The number of nitrogens with two attached hydrogens (primary N) is 1. The number of piperazine rings is 1. The minimum atomic E-state index is 0.339. The highest BCUT2D eigenvalue weighted by Gasteiger charge is 2.26. The largest absolute Gasteiger partial charge is 0.368 e. The third-order valence-corrected chi connectivity index (χ3v) is 6.72. The van der Waals surface area contributed by atoms with E-state index >= 15 is 0 Å². The molecule has 32 heavy (non-hydrogen) atoms. The van der Waals surface area contributed by atoms with Crippen LogP contribution in [0.15, 0.2) is 36.7 Å². The fourth-order valence-electron chi connectivity index (χ4n) is 4.70. The van der Waals surface area contributed by atoms with Gasteiger partial charge in [0.1, 0.15) is 11.6 Å². The molecule has 0 amide bonds. The van der Waals surface area contributed by atoms with Gasteiger partial charge in [-0.2, -0.15) is 15.1 Å². The molecule has 1 saturated heterocycles. The predicted octanol–water partition coefficient (Wildman–Crippen LogP) is 2.65. The summed E-state index contributed by atoms with van der Waals surface area (Å²) in [5, 5.41) is 4.43. The lowest BCUT2D eigenvalue weighted by Crippen LogP contribution is -2.45. The molecule has 1 aromatic carbocycles. The summed E-state index contributed by atoms with van der Waals surface area (Å²) in [7, 11) is 2.16. The van der Waals surface area contributed by atoms with Gasteiger partial charge in [-0.1, -0.05) is 12.1 Å². The Bertz CT molecular complexity index is 1100. The topological polar surface area (TPSA) is 79.3 Å². The SMILES string of the molecule is CCn1cc(-c2ccc3c(c2)CN(c2cc(N4CCN(C)CC4)nc(N)n2)C(C)C3)cn1. The minimum absolute atomic E-state index is 0.339. The van der Waals surface area contributed by atoms with Crippen molar-refractivity contribution >= 4 is 17.6 Å². The molecule has 8 nitrogen and oxygen atoms in total. The highest BCUT2D eigenvalue weighted by Crippen LogP contribution is 2.32. The number of fused-ring (bicyclic) bond motifs is 1. The lowest BCUT2D eigenvalue weighted by atomic mass is 9.92. The van der Waals surface area contributed by atoms with Crippen LogP contribution in [0.5, 0.6) is 0 Å². The molecule has 1 atom stereocenters. The number of anilines is 3. The van der Waals surface area contributed by atoms with Crippen molar-refractivity contribution in [3.63, 3.8) is 0 Å². The number of hydrogen-bond donors (Lipinski definition) is 1. The summed E-state index contributed by atoms with van der Waals surface area (Å²) in [4.78, 5) is 16.2. The van der Waals surface area contributed by atoms with E-state index in [0.717, 1.165) is 62.9 Å². The van der Waals surface area contributed by atoms with E-state index in [-0.39, 0.29) is 0 Å². The first-order valence-corrected chi connectivity index (χ1v) is 11.5. The Morgan fingerprint density at radius 3 is 2.53 bits per heavy atom. The number of hydrogen-bond acceptors (Lipinski definition) is 7. The zero-order valence-electron chi connectivity index (χ0n) is 19.2. The zero-order chi connectivity index (χ0) is 22.2. The van der Waals surface area contributed by atoms with Crippen LogP contribution in [-0.2, 0) is 19.5 Å². The van der Waals surface area contributed by atoms with Gasteiger partial charge in [0.25, 0.3) is 0 Å². The van der Waals surface area contributed by atoms with Gasteiger partial charge in [-0.05, 0) is 50.1 Å². The van der Waals surface area contributed by atoms with E-state index in [9.17, 15) is 0 Å². The number of likely N-dealkylation sites (N-methyl/N-ethyl adjacent to an activating group) is 1. The van der Waals surface area contributed by atoms with Crippen LogP contribution in [-0.4, -0.2) is 63.9 Å². The Kier molecular flexibility index (Phi) is 5.46. The Balaban J connectivity index is 1.43. The molecule has 4 heterocycles. The van der Waals surface area contributed by atoms with Gasteiger partial charge in [0.05, 0.1) is 6.20 Å². The molecule has 2 aliphatic heterocycles. The maximum Gasteiger partial charge on any atom is 0.223 e. The summed E-state index contributed by atoms with van der Waals surface area (Å²) in [5.41, 5.74) is 11.3. The average molecular weight is 433 g/mol. The molecule has 0 saturated carbocycles. The van der Waals surface area contributed by atoms with E-state index in [0.29, 0.717) is 12.0 Å². The highest BCUT2D eigenvalue weighted by atomic mass is 15.3. The van der Waals surface area contributed by atoms with Crippen molar-refractivity contribution in [2.45, 2.75) is 39.4 Å². The number of nitrogen functional groups attached to an aromatic ring is 1. The van der Waals surface area contributed by atoms with Gasteiger partial charge in [-0.15, -0.1) is 0 Å². The number of benzene rings is 1. The first-order valence-electron chi connectivity index (χ1n) is 11.5. The summed E-state index contributed by atoms with van der Waals surface area (Å²) in [6, 6.07) is 9.24. The molecule has 168 valence electrons. The molecule has 0 bridgehead atoms. The molecule has 0 aliphatic carbocycles. The van der Waals surface area contributed by atoms with Gasteiger partial charge in [0, 0.05) is 63.1 Å². The Labute approximate surface area is 189 Å². The van der Waals surface area contributed by atoms with E-state index < -0.39 is 0 Å². The monoisotopic (exact) mass is 432 g/mol. The van der Waals surface area contributed by atoms with Crippen molar-refractivity contribution in [1.29, 1.82) is 0 Å². The van der Waals surface area contributed by atoms with Crippen LogP contribution in [0, 0.1) is 0 Å². The minimum Gasteiger partial charge on any atom is -0.368 e. The lowest BCUT2D eigenvalue weighted by molar-refractivity contribution is 0.312. The van der Waals surface area contributed by atoms with Crippen LogP contribution in [0.2, 0.25) is 0 Å². The van der Waals surface area contributed by atoms with Gasteiger partial charge in [0.2, 0.25) is 5.95 Å². The van der Waals surface area contributed by atoms with Gasteiger partial charge in [-0.3, -0.25) is 4.68 Å². The predicted molar refractivity (Wildman–Crippen MR) is 129 cm³/mol. The van der Waals surface area contributed by atoms with Crippen LogP contribution in [0.1, 0.15) is 25.0 Å². The number of aryl methyl sites for hydroxylation is 1. The van der Waals surface area contributed by atoms with Gasteiger partial charge >= 0.3 is 0 Å². The maximum absolute atomic E-state index is 6.16. The van der Waals surface area contributed by atoms with Gasteiger partial charge in [0.15, 0.2) is 0 Å². The molecule has 1 fully saturated rings. The second-order valence-corrected chi connectivity index (χ2v) is 8.98. The Hall–Kier alpha value is -3.13. The first-order chi connectivity index (χ1) is 15.5. The van der Waals surface area contributed by atoms with Crippen LogP contribution in [0.4, 0.5) is 17.6 Å². The molecule has 8 heteroatoms. The zero-order valence-corrected chi connectivity index (χ0v) is 19.2. The summed E-state index contributed by atoms with van der Waals surface area (Å²) >= 11 is 0. The van der Waals surface area contributed by atoms with Crippen molar-refractivity contribution in [3.8, 4) is 11.1 Å². The first kappa shape index (κ1) is 20.8. The normalized spacial score (nSPS) is 19.3. The summed E-state index contributed by atoms with van der Waals surface area (Å²) in [5.74, 6) is 2.18. The number of nitrogens with zero attached hydrogens (tertiary/aromatic N) is 7.